The van der Waals surface area contributed by atoms with Gasteiger partial charge in [-0.2, -0.15) is 11.8 Å². The van der Waals surface area contributed by atoms with Crippen molar-refractivity contribution in [2.75, 3.05) is 25.2 Å². The average molecular weight is 185 g/mol. The Bertz CT molecular complexity index is 160. The first kappa shape index (κ1) is 9.91. The molecule has 1 saturated heterocycles. The molecule has 1 heterocycles. The molecule has 1 N–H and O–H groups in total. The molecule has 68 valence electrons. The van der Waals surface area contributed by atoms with Crippen molar-refractivity contribution in [2.24, 2.45) is 0 Å². The zero-order chi connectivity index (χ0) is 8.81. The monoisotopic (exact) mass is 185 g/mol. The molecule has 1 aliphatic heterocycles. The second-order valence-electron chi connectivity index (χ2n) is 2.79. The van der Waals surface area contributed by atoms with E-state index in [1.54, 1.807) is 0 Å². The molecule has 2 atom stereocenters. The largest absolute Gasteiger partial charge is 0.375 e. The zero-order valence-electron chi connectivity index (χ0n) is 7.38. The topological polar surface area (TPSA) is 21.3 Å². The number of hydrogen-bond acceptors (Lipinski definition) is 3. The third-order valence-electron chi connectivity index (χ3n) is 2.00. The van der Waals surface area contributed by atoms with Crippen LogP contribution in [0.5, 0.6) is 0 Å². The number of nitrogens with one attached hydrogen (secondary N) is 1. The van der Waals surface area contributed by atoms with E-state index in [0.29, 0.717) is 12.1 Å². The molecule has 0 aromatic heterocycles. The number of likely N-dealkylation sites (N-methyl/N-ethyl adjacent to an activating group) is 1. The third-order valence-corrected chi connectivity index (χ3v) is 3.02. The summed E-state index contributed by atoms with van der Waals surface area (Å²) < 4.78 is 5.60. The Balaban J connectivity index is 2.36. The minimum Gasteiger partial charge on any atom is -0.375 e. The van der Waals surface area contributed by atoms with Gasteiger partial charge in [-0.25, -0.2) is 0 Å². The molecule has 1 aliphatic rings. The Hall–Kier alpha value is -0.170. The Labute approximate surface area is 78.4 Å². The number of rotatable bonds is 3. The van der Waals surface area contributed by atoms with E-state index in [1.165, 1.54) is 0 Å². The van der Waals surface area contributed by atoms with Gasteiger partial charge in [0.05, 0.1) is 12.7 Å². The lowest BCUT2D eigenvalue weighted by Crippen LogP contribution is -2.42. The minimum absolute atomic E-state index is 0.296. The summed E-state index contributed by atoms with van der Waals surface area (Å²) in [6.07, 6.45) is 6.31. The van der Waals surface area contributed by atoms with Crippen LogP contribution >= 0.6 is 11.8 Å². The quantitative estimate of drug-likeness (QED) is 0.655. The molecule has 2 unspecified atom stereocenters. The smallest absolute Gasteiger partial charge is 0.0827 e. The maximum atomic E-state index is 5.60. The summed E-state index contributed by atoms with van der Waals surface area (Å²) in [6, 6.07) is 0.322. The van der Waals surface area contributed by atoms with Crippen LogP contribution in [-0.2, 0) is 4.74 Å². The normalized spacial score (nSPS) is 26.2. The molecular formula is C9H15NOS. The van der Waals surface area contributed by atoms with Gasteiger partial charge in [0.2, 0.25) is 0 Å². The van der Waals surface area contributed by atoms with Crippen molar-refractivity contribution in [3.63, 3.8) is 0 Å². The van der Waals surface area contributed by atoms with Crippen molar-refractivity contribution in [1.82, 2.24) is 5.32 Å². The number of thioether (sulfide) groups is 1. The van der Waals surface area contributed by atoms with Crippen molar-refractivity contribution in [3.05, 3.63) is 0 Å². The standard InChI is InChI=1S/C9H15NOS/c1-3-4-8(10-2)9-7-12-6-5-11-9/h1,8-10H,4-7H2,2H3. The lowest BCUT2D eigenvalue weighted by Gasteiger charge is -2.28. The fraction of sp³-hybridized carbons (Fsp3) is 0.778. The van der Waals surface area contributed by atoms with E-state index in [0.717, 1.165) is 24.5 Å². The van der Waals surface area contributed by atoms with Gasteiger partial charge in [0.1, 0.15) is 0 Å². The Morgan fingerprint density at radius 2 is 2.67 bits per heavy atom. The second kappa shape index (κ2) is 5.47. The molecule has 12 heavy (non-hydrogen) atoms. The number of ether oxygens (including phenoxy) is 1. The SMILES string of the molecule is C#CCC(NC)C1CSCCO1. The maximum absolute atomic E-state index is 5.60. The van der Waals surface area contributed by atoms with Crippen molar-refractivity contribution < 1.29 is 4.74 Å². The summed E-state index contributed by atoms with van der Waals surface area (Å²) >= 11 is 1.94. The summed E-state index contributed by atoms with van der Waals surface area (Å²) in [5.74, 6) is 4.84. The van der Waals surface area contributed by atoms with E-state index in [1.807, 2.05) is 18.8 Å². The van der Waals surface area contributed by atoms with Crippen LogP contribution in [0.2, 0.25) is 0 Å². The van der Waals surface area contributed by atoms with Crippen LogP contribution in [0.25, 0.3) is 0 Å². The van der Waals surface area contributed by atoms with Gasteiger partial charge in [-0.3, -0.25) is 0 Å². The molecule has 2 nitrogen and oxygen atoms in total. The number of terminal acetylenes is 1. The van der Waals surface area contributed by atoms with Crippen molar-refractivity contribution in [3.8, 4) is 12.3 Å². The van der Waals surface area contributed by atoms with Crippen LogP contribution in [0.3, 0.4) is 0 Å². The first-order valence-corrected chi connectivity index (χ1v) is 5.34. The Morgan fingerprint density at radius 3 is 3.17 bits per heavy atom. The highest BCUT2D eigenvalue weighted by Crippen LogP contribution is 2.16. The molecule has 3 heteroatoms. The fourth-order valence-corrected chi connectivity index (χ4v) is 2.23. The van der Waals surface area contributed by atoms with Gasteiger partial charge in [-0.1, -0.05) is 0 Å². The molecule has 0 spiro atoms. The van der Waals surface area contributed by atoms with E-state index in [2.05, 4.69) is 11.2 Å². The molecule has 0 aliphatic carbocycles. The van der Waals surface area contributed by atoms with Crippen molar-refractivity contribution in [1.29, 1.82) is 0 Å². The van der Waals surface area contributed by atoms with E-state index in [9.17, 15) is 0 Å². The van der Waals surface area contributed by atoms with E-state index >= 15 is 0 Å². The molecular weight excluding hydrogens is 170 g/mol. The summed E-state index contributed by atoms with van der Waals surface area (Å²) in [5, 5.41) is 3.19. The van der Waals surface area contributed by atoms with Gasteiger partial charge in [0.25, 0.3) is 0 Å². The van der Waals surface area contributed by atoms with Crippen molar-refractivity contribution in [2.45, 2.75) is 18.6 Å². The molecule has 0 radical (unpaired) electrons. The molecule has 0 amide bonds. The van der Waals surface area contributed by atoms with Gasteiger partial charge in [0, 0.05) is 24.0 Å². The Kier molecular flexibility index (Phi) is 4.52. The molecule has 0 saturated carbocycles. The Morgan fingerprint density at radius 1 is 1.83 bits per heavy atom. The van der Waals surface area contributed by atoms with Gasteiger partial charge in [-0.15, -0.1) is 12.3 Å². The van der Waals surface area contributed by atoms with Gasteiger partial charge < -0.3 is 10.1 Å². The molecule has 1 fully saturated rings. The molecule has 0 bridgehead atoms. The number of hydrogen-bond donors (Lipinski definition) is 1. The van der Waals surface area contributed by atoms with E-state index < -0.39 is 0 Å². The van der Waals surface area contributed by atoms with Crippen LogP contribution in [0.15, 0.2) is 0 Å². The maximum Gasteiger partial charge on any atom is 0.0827 e. The lowest BCUT2D eigenvalue weighted by molar-refractivity contribution is 0.0504. The molecule has 0 aromatic rings. The van der Waals surface area contributed by atoms with Gasteiger partial charge in [-0.05, 0) is 7.05 Å². The predicted octanol–water partition coefficient (Wildman–Crippen LogP) is 0.730. The highest BCUT2D eigenvalue weighted by molar-refractivity contribution is 7.99. The minimum atomic E-state index is 0.296. The van der Waals surface area contributed by atoms with Crippen LogP contribution in [0, 0.1) is 12.3 Å². The van der Waals surface area contributed by atoms with Gasteiger partial charge in [0.15, 0.2) is 0 Å². The van der Waals surface area contributed by atoms with Crippen LogP contribution in [0.4, 0.5) is 0 Å². The van der Waals surface area contributed by atoms with Crippen LogP contribution in [0.1, 0.15) is 6.42 Å². The van der Waals surface area contributed by atoms with E-state index in [-0.39, 0.29) is 0 Å². The third kappa shape index (κ3) is 2.71. The van der Waals surface area contributed by atoms with Crippen LogP contribution < -0.4 is 5.32 Å². The summed E-state index contributed by atoms with van der Waals surface area (Å²) in [7, 11) is 1.94. The summed E-state index contributed by atoms with van der Waals surface area (Å²) in [5.41, 5.74) is 0. The second-order valence-corrected chi connectivity index (χ2v) is 3.94. The first-order valence-electron chi connectivity index (χ1n) is 4.18. The summed E-state index contributed by atoms with van der Waals surface area (Å²) in [6.45, 7) is 0.859. The van der Waals surface area contributed by atoms with E-state index in [4.69, 9.17) is 11.2 Å². The highest BCUT2D eigenvalue weighted by atomic mass is 32.2. The lowest BCUT2D eigenvalue weighted by atomic mass is 10.1. The first-order chi connectivity index (χ1) is 5.88. The molecule has 1 rings (SSSR count). The highest BCUT2D eigenvalue weighted by Gasteiger charge is 2.22. The average Bonchev–Trinajstić information content (AvgIpc) is 2.15. The predicted molar refractivity (Wildman–Crippen MR) is 53.4 cm³/mol. The van der Waals surface area contributed by atoms with Crippen LogP contribution in [-0.4, -0.2) is 37.3 Å². The zero-order valence-corrected chi connectivity index (χ0v) is 8.19. The fourth-order valence-electron chi connectivity index (χ4n) is 1.28. The summed E-state index contributed by atoms with van der Waals surface area (Å²) in [4.78, 5) is 0. The molecule has 0 aromatic carbocycles. The van der Waals surface area contributed by atoms with Gasteiger partial charge >= 0.3 is 0 Å². The van der Waals surface area contributed by atoms with Crippen molar-refractivity contribution >= 4 is 11.8 Å².